The molecule has 2 heterocycles. The maximum Gasteiger partial charge on any atom is 0.289 e. The van der Waals surface area contributed by atoms with Crippen molar-refractivity contribution in [2.75, 3.05) is 38.1 Å². The van der Waals surface area contributed by atoms with Gasteiger partial charge in [-0.3, -0.25) is 24.7 Å². The van der Waals surface area contributed by atoms with E-state index >= 15 is 0 Å². The zero-order valence-electron chi connectivity index (χ0n) is 25.0. The third-order valence-corrected chi connectivity index (χ3v) is 9.18. The van der Waals surface area contributed by atoms with Crippen molar-refractivity contribution in [2.45, 2.75) is 31.8 Å². The molecule has 4 aromatic rings. The van der Waals surface area contributed by atoms with Crippen molar-refractivity contribution in [1.82, 2.24) is 25.2 Å². The van der Waals surface area contributed by atoms with Crippen molar-refractivity contribution in [3.63, 3.8) is 0 Å². The van der Waals surface area contributed by atoms with Crippen LogP contribution < -0.4 is 14.9 Å². The van der Waals surface area contributed by atoms with E-state index in [1.807, 2.05) is 49.2 Å². The van der Waals surface area contributed by atoms with E-state index in [0.717, 1.165) is 39.9 Å². The zero-order chi connectivity index (χ0) is 32.3. The average Bonchev–Trinajstić information content (AvgIpc) is 3.61. The van der Waals surface area contributed by atoms with Gasteiger partial charge in [0.1, 0.15) is 0 Å². The molecule has 0 radical (unpaired) electrons. The molecule has 1 aliphatic rings. The molecule has 1 aromatic heterocycles. The number of para-hydroxylation sites is 1. The van der Waals surface area contributed by atoms with Gasteiger partial charge in [0.25, 0.3) is 11.6 Å². The Morgan fingerprint density at radius 1 is 1.02 bits per heavy atom. The lowest BCUT2D eigenvalue weighted by Crippen LogP contribution is -2.48. The van der Waals surface area contributed by atoms with Gasteiger partial charge < -0.3 is 14.7 Å². The molecular weight excluding hydrogens is 602 g/mol. The van der Waals surface area contributed by atoms with Gasteiger partial charge in [-0.25, -0.2) is 18.1 Å². The standard InChI is InChI=1S/C30H33N7O7S/c1-20-14-24-21(2)33-44-27(24)15-26(20)35(19-30(39)34(3)36-16-22-8-4-5-9-23(22)17-36)18-29(38)31-12-13-32-45(42,43)28-11-7-6-10-25(28)37(40)41/h4-11,14-15,32H,12-13,16-19H2,1-3H3,(H,31,38). The summed E-state index contributed by atoms with van der Waals surface area (Å²) in [4.78, 5) is 38.3. The topological polar surface area (TPSA) is 171 Å². The minimum Gasteiger partial charge on any atom is -0.356 e. The van der Waals surface area contributed by atoms with Crippen LogP contribution in [0.3, 0.4) is 0 Å². The minimum absolute atomic E-state index is 0.0915. The number of hydrazine groups is 1. The zero-order valence-corrected chi connectivity index (χ0v) is 25.8. The molecule has 0 fully saturated rings. The van der Waals surface area contributed by atoms with Gasteiger partial charge in [0.2, 0.25) is 15.9 Å². The number of rotatable bonds is 12. The number of nitro groups is 1. The Labute approximate surface area is 259 Å². The van der Waals surface area contributed by atoms with Crippen LogP contribution in [-0.2, 0) is 32.7 Å². The molecule has 0 unspecified atom stereocenters. The number of aromatic nitrogens is 1. The van der Waals surface area contributed by atoms with E-state index in [9.17, 15) is 28.1 Å². The number of hydrogen-bond donors (Lipinski definition) is 2. The normalized spacial score (nSPS) is 13.0. The van der Waals surface area contributed by atoms with E-state index in [0.29, 0.717) is 24.4 Å². The summed E-state index contributed by atoms with van der Waals surface area (Å²) in [5, 5.41) is 22.3. The fourth-order valence-corrected chi connectivity index (χ4v) is 6.45. The first kappa shape index (κ1) is 31.6. The molecule has 2 N–H and O–H groups in total. The van der Waals surface area contributed by atoms with Crippen LogP contribution in [0.15, 0.2) is 70.1 Å². The van der Waals surface area contributed by atoms with Crippen LogP contribution in [0.1, 0.15) is 22.4 Å². The van der Waals surface area contributed by atoms with Crippen LogP contribution >= 0.6 is 0 Å². The quantitative estimate of drug-likeness (QED) is 0.134. The first-order chi connectivity index (χ1) is 21.4. The summed E-state index contributed by atoms with van der Waals surface area (Å²) < 4.78 is 33.1. The second-order valence-corrected chi connectivity index (χ2v) is 12.5. The Hall–Kier alpha value is -4.86. The first-order valence-corrected chi connectivity index (χ1v) is 15.6. The number of carbonyl (C=O) groups is 2. The van der Waals surface area contributed by atoms with E-state index in [1.165, 1.54) is 12.1 Å². The van der Waals surface area contributed by atoms with Gasteiger partial charge in [-0.2, -0.15) is 0 Å². The molecule has 14 nitrogen and oxygen atoms in total. The summed E-state index contributed by atoms with van der Waals surface area (Å²) in [6, 6.07) is 16.6. The van der Waals surface area contributed by atoms with Crippen molar-refractivity contribution in [1.29, 1.82) is 0 Å². The third kappa shape index (κ3) is 6.95. The highest BCUT2D eigenvalue weighted by Crippen LogP contribution is 2.29. The van der Waals surface area contributed by atoms with Gasteiger partial charge in [-0.1, -0.05) is 41.6 Å². The number of aryl methyl sites for hydroxylation is 2. The van der Waals surface area contributed by atoms with Crippen LogP contribution in [0.4, 0.5) is 11.4 Å². The number of fused-ring (bicyclic) bond motifs is 2. The number of sulfonamides is 1. The number of nitrogens with zero attached hydrogens (tertiary/aromatic N) is 5. The SMILES string of the molecule is Cc1cc2c(C)noc2cc1N(CC(=O)NCCNS(=O)(=O)c1ccccc1[N+](=O)[O-])CC(=O)N(C)N1Cc2ccccc2C1. The molecule has 0 saturated carbocycles. The maximum atomic E-state index is 13.6. The Kier molecular flexibility index (Phi) is 9.13. The molecule has 0 saturated heterocycles. The Morgan fingerprint density at radius 2 is 1.69 bits per heavy atom. The fraction of sp³-hybridized carbons (Fsp3) is 0.300. The van der Waals surface area contributed by atoms with Crippen molar-refractivity contribution in [2.24, 2.45) is 0 Å². The molecule has 0 bridgehead atoms. The Bertz CT molecular complexity index is 1850. The van der Waals surface area contributed by atoms with E-state index < -0.39 is 31.4 Å². The monoisotopic (exact) mass is 635 g/mol. The molecule has 15 heteroatoms. The third-order valence-electron chi connectivity index (χ3n) is 7.67. The molecule has 45 heavy (non-hydrogen) atoms. The highest BCUT2D eigenvalue weighted by molar-refractivity contribution is 7.89. The molecule has 0 aliphatic carbocycles. The summed E-state index contributed by atoms with van der Waals surface area (Å²) in [5.74, 6) is -0.696. The summed E-state index contributed by atoms with van der Waals surface area (Å²) in [5.41, 5.74) is 4.39. The number of amides is 2. The van der Waals surface area contributed by atoms with Crippen molar-refractivity contribution < 1.29 is 27.5 Å². The molecule has 1 aliphatic heterocycles. The predicted octanol–water partition coefficient (Wildman–Crippen LogP) is 2.64. The van der Waals surface area contributed by atoms with Crippen molar-refractivity contribution in [3.05, 3.63) is 93.2 Å². The number of likely N-dealkylation sites (N-methyl/N-ethyl adjacent to an activating group) is 1. The van der Waals surface area contributed by atoms with Crippen LogP contribution in [0.25, 0.3) is 11.0 Å². The lowest BCUT2D eigenvalue weighted by Gasteiger charge is -2.31. The van der Waals surface area contributed by atoms with Gasteiger partial charge in [0, 0.05) is 56.4 Å². The predicted molar refractivity (Wildman–Crippen MR) is 165 cm³/mol. The number of benzene rings is 3. The minimum atomic E-state index is -4.20. The molecule has 0 spiro atoms. The number of nitrogens with one attached hydrogen (secondary N) is 2. The van der Waals surface area contributed by atoms with Gasteiger partial charge >= 0.3 is 0 Å². The fourth-order valence-electron chi connectivity index (χ4n) is 5.25. The molecule has 5 rings (SSSR count). The number of hydrogen-bond acceptors (Lipinski definition) is 10. The maximum absolute atomic E-state index is 13.6. The highest BCUT2D eigenvalue weighted by Gasteiger charge is 2.28. The van der Waals surface area contributed by atoms with Crippen LogP contribution in [-0.4, -0.2) is 73.6 Å². The van der Waals surface area contributed by atoms with Gasteiger partial charge in [-0.15, -0.1) is 0 Å². The van der Waals surface area contributed by atoms with Gasteiger partial charge in [-0.05, 0) is 42.7 Å². The molecule has 236 valence electrons. The van der Waals surface area contributed by atoms with Gasteiger partial charge in [0.05, 0.1) is 23.7 Å². The van der Waals surface area contributed by atoms with Gasteiger partial charge in [0.15, 0.2) is 10.5 Å². The summed E-state index contributed by atoms with van der Waals surface area (Å²) >= 11 is 0. The Balaban J connectivity index is 1.27. The Morgan fingerprint density at radius 3 is 2.38 bits per heavy atom. The molecular formula is C30H33N7O7S. The van der Waals surface area contributed by atoms with Crippen molar-refractivity contribution >= 4 is 44.2 Å². The smallest absolute Gasteiger partial charge is 0.289 e. The summed E-state index contributed by atoms with van der Waals surface area (Å²) in [7, 11) is -2.50. The van der Waals surface area contributed by atoms with E-state index in [-0.39, 0.29) is 32.1 Å². The van der Waals surface area contributed by atoms with Crippen LogP contribution in [0, 0.1) is 24.0 Å². The second-order valence-electron chi connectivity index (χ2n) is 10.7. The van der Waals surface area contributed by atoms with Crippen molar-refractivity contribution in [3.8, 4) is 0 Å². The number of carbonyl (C=O) groups excluding carboxylic acids is 2. The largest absolute Gasteiger partial charge is 0.356 e. The lowest BCUT2D eigenvalue weighted by atomic mass is 10.1. The average molecular weight is 636 g/mol. The number of nitro benzene ring substituents is 1. The van der Waals surface area contributed by atoms with E-state index in [4.69, 9.17) is 4.52 Å². The highest BCUT2D eigenvalue weighted by atomic mass is 32.2. The molecule has 2 amide bonds. The van der Waals surface area contributed by atoms with Crippen LogP contribution in [0.2, 0.25) is 0 Å². The lowest BCUT2D eigenvalue weighted by molar-refractivity contribution is -0.387. The summed E-state index contributed by atoms with van der Waals surface area (Å²) in [6.45, 7) is 4.23. The molecule has 0 atom stereocenters. The molecule has 3 aromatic carbocycles. The number of anilines is 1. The van der Waals surface area contributed by atoms with E-state index in [2.05, 4.69) is 15.2 Å². The van der Waals surface area contributed by atoms with Crippen LogP contribution in [0.5, 0.6) is 0 Å². The first-order valence-electron chi connectivity index (χ1n) is 14.1. The second kappa shape index (κ2) is 13.0. The van der Waals surface area contributed by atoms with E-state index in [1.54, 1.807) is 23.0 Å². The summed E-state index contributed by atoms with van der Waals surface area (Å²) in [6.07, 6.45) is 0.